The molecule has 25 heavy (non-hydrogen) atoms. The van der Waals surface area contributed by atoms with Crippen molar-refractivity contribution >= 4 is 5.91 Å². The molecule has 134 valence electrons. The van der Waals surface area contributed by atoms with Gasteiger partial charge in [-0.2, -0.15) is 0 Å². The second-order valence-electron chi connectivity index (χ2n) is 7.23. The number of hydrogen-bond acceptors (Lipinski definition) is 4. The summed E-state index contributed by atoms with van der Waals surface area (Å²) < 4.78 is 7.43. The van der Waals surface area contributed by atoms with Crippen LogP contribution in [0.1, 0.15) is 49.2 Å². The van der Waals surface area contributed by atoms with E-state index >= 15 is 0 Å². The fourth-order valence-corrected chi connectivity index (χ4v) is 3.22. The molecule has 2 heterocycles. The topological polar surface area (TPSA) is 69.0 Å². The van der Waals surface area contributed by atoms with Crippen molar-refractivity contribution in [3.63, 3.8) is 0 Å². The smallest absolute Gasteiger partial charge is 0.273 e. The third kappa shape index (κ3) is 5.13. The number of nitrogens with zero attached hydrogens (tertiary/aromatic N) is 3. The van der Waals surface area contributed by atoms with Crippen LogP contribution in [0.5, 0.6) is 0 Å². The molecule has 6 nitrogen and oxygen atoms in total. The number of aromatic nitrogens is 3. The van der Waals surface area contributed by atoms with Gasteiger partial charge in [-0.05, 0) is 45.1 Å². The summed E-state index contributed by atoms with van der Waals surface area (Å²) in [4.78, 5) is 12.4. The quantitative estimate of drug-likeness (QED) is 0.876. The van der Waals surface area contributed by atoms with Gasteiger partial charge in [-0.3, -0.25) is 9.48 Å². The van der Waals surface area contributed by atoms with Gasteiger partial charge in [0.05, 0.1) is 11.8 Å². The van der Waals surface area contributed by atoms with Gasteiger partial charge < -0.3 is 10.1 Å². The van der Waals surface area contributed by atoms with Gasteiger partial charge in [-0.25, -0.2) is 0 Å². The van der Waals surface area contributed by atoms with Gasteiger partial charge in [-0.15, -0.1) is 5.10 Å². The second-order valence-corrected chi connectivity index (χ2v) is 7.23. The summed E-state index contributed by atoms with van der Waals surface area (Å²) in [5.41, 5.74) is 1.50. The monoisotopic (exact) mass is 342 g/mol. The van der Waals surface area contributed by atoms with Crippen molar-refractivity contribution in [1.82, 2.24) is 20.3 Å². The zero-order chi connectivity index (χ0) is 17.7. The predicted molar refractivity (Wildman–Crippen MR) is 95.3 cm³/mol. The number of ether oxygens (including phenoxy) is 1. The summed E-state index contributed by atoms with van der Waals surface area (Å²) in [6.07, 6.45) is 5.32. The van der Waals surface area contributed by atoms with Crippen LogP contribution in [0.2, 0.25) is 0 Å². The maximum Gasteiger partial charge on any atom is 0.273 e. The number of carbonyl (C=O) groups is 1. The predicted octanol–water partition coefficient (Wildman–Crippen LogP) is 2.60. The van der Waals surface area contributed by atoms with E-state index < -0.39 is 0 Å². The molecule has 0 bridgehead atoms. The van der Waals surface area contributed by atoms with Crippen LogP contribution in [0, 0.1) is 0 Å². The van der Waals surface area contributed by atoms with E-state index in [-0.39, 0.29) is 17.6 Å². The number of hydrogen-bond donors (Lipinski definition) is 1. The van der Waals surface area contributed by atoms with Crippen LogP contribution in [0.15, 0.2) is 36.5 Å². The molecule has 3 rings (SSSR count). The van der Waals surface area contributed by atoms with Crippen molar-refractivity contribution in [2.45, 2.75) is 57.7 Å². The maximum atomic E-state index is 12.4. The lowest BCUT2D eigenvalue weighted by Crippen LogP contribution is -2.45. The number of aryl methyl sites for hydroxylation is 2. The van der Waals surface area contributed by atoms with Crippen LogP contribution >= 0.6 is 0 Å². The molecule has 1 aromatic heterocycles. The standard InChI is InChI=1S/C19H26N4O2/c1-19(2)13-16(10-12-25-19)20-18(24)17-14-23(22-21-17)11-6-9-15-7-4-3-5-8-15/h3-5,7-8,14,16H,6,9-13H2,1-2H3,(H,20,24)/t16-/m0/s1. The van der Waals surface area contributed by atoms with Crippen molar-refractivity contribution < 1.29 is 9.53 Å². The van der Waals surface area contributed by atoms with Gasteiger partial charge in [0.15, 0.2) is 5.69 Å². The molecule has 0 spiro atoms. The van der Waals surface area contributed by atoms with Crippen LogP contribution < -0.4 is 5.32 Å². The van der Waals surface area contributed by atoms with Gasteiger partial charge in [0.1, 0.15) is 0 Å². The van der Waals surface area contributed by atoms with Crippen molar-refractivity contribution in [3.05, 3.63) is 47.8 Å². The highest BCUT2D eigenvalue weighted by Crippen LogP contribution is 2.24. The fraction of sp³-hybridized carbons (Fsp3) is 0.526. The molecular weight excluding hydrogens is 316 g/mol. The summed E-state index contributed by atoms with van der Waals surface area (Å²) >= 11 is 0. The molecule has 1 amide bonds. The third-order valence-corrected chi connectivity index (χ3v) is 4.50. The Morgan fingerprint density at radius 3 is 2.92 bits per heavy atom. The zero-order valence-electron chi connectivity index (χ0n) is 14.9. The van der Waals surface area contributed by atoms with E-state index in [9.17, 15) is 4.79 Å². The van der Waals surface area contributed by atoms with Crippen molar-refractivity contribution in [2.75, 3.05) is 6.61 Å². The first-order valence-electron chi connectivity index (χ1n) is 8.91. The summed E-state index contributed by atoms with van der Waals surface area (Å²) in [6, 6.07) is 10.5. The molecule has 0 unspecified atom stereocenters. The molecule has 1 aromatic carbocycles. The van der Waals surface area contributed by atoms with E-state index in [2.05, 4.69) is 27.8 Å². The van der Waals surface area contributed by atoms with Gasteiger partial charge in [0.2, 0.25) is 0 Å². The Morgan fingerprint density at radius 1 is 1.36 bits per heavy atom. The first kappa shape index (κ1) is 17.6. The minimum Gasteiger partial charge on any atom is -0.375 e. The highest BCUT2D eigenvalue weighted by Gasteiger charge is 2.30. The number of nitrogens with one attached hydrogen (secondary N) is 1. The molecule has 1 N–H and O–H groups in total. The molecule has 1 aliphatic rings. The van der Waals surface area contributed by atoms with Crippen LogP contribution in [-0.2, 0) is 17.7 Å². The average molecular weight is 342 g/mol. The van der Waals surface area contributed by atoms with Gasteiger partial charge in [0.25, 0.3) is 5.91 Å². The van der Waals surface area contributed by atoms with Crippen LogP contribution in [0.3, 0.4) is 0 Å². The summed E-state index contributed by atoms with van der Waals surface area (Å²) in [7, 11) is 0. The van der Waals surface area contributed by atoms with Crippen LogP contribution in [0.4, 0.5) is 0 Å². The Hall–Kier alpha value is -2.21. The van der Waals surface area contributed by atoms with Gasteiger partial charge in [0, 0.05) is 19.2 Å². The number of carbonyl (C=O) groups excluding carboxylic acids is 1. The lowest BCUT2D eigenvalue weighted by atomic mass is 9.94. The Morgan fingerprint density at radius 2 is 2.16 bits per heavy atom. The normalized spacial score (nSPS) is 19.5. The number of benzene rings is 1. The molecule has 1 atom stereocenters. The molecule has 1 fully saturated rings. The third-order valence-electron chi connectivity index (χ3n) is 4.50. The molecule has 2 aromatic rings. The Balaban J connectivity index is 1.48. The molecule has 6 heteroatoms. The van der Waals surface area contributed by atoms with Crippen LogP contribution in [-0.4, -0.2) is 39.2 Å². The highest BCUT2D eigenvalue weighted by atomic mass is 16.5. The molecule has 0 radical (unpaired) electrons. The minimum absolute atomic E-state index is 0.125. The summed E-state index contributed by atoms with van der Waals surface area (Å²) in [5.74, 6) is -0.156. The van der Waals surface area contributed by atoms with E-state index in [1.165, 1.54) is 5.56 Å². The second kappa shape index (κ2) is 7.78. The van der Waals surface area contributed by atoms with E-state index in [0.29, 0.717) is 12.3 Å². The average Bonchev–Trinajstić information content (AvgIpc) is 3.04. The Bertz CT molecular complexity index is 696. The SMILES string of the molecule is CC1(C)C[C@@H](NC(=O)c2cn(CCCc3ccccc3)nn2)CCO1. The number of rotatable bonds is 6. The molecule has 1 saturated heterocycles. The maximum absolute atomic E-state index is 12.4. The van der Waals surface area contributed by atoms with Crippen LogP contribution in [0.25, 0.3) is 0 Å². The minimum atomic E-state index is -0.189. The molecule has 0 aliphatic carbocycles. The Labute approximate surface area is 148 Å². The zero-order valence-corrected chi connectivity index (χ0v) is 14.9. The Kier molecular flexibility index (Phi) is 5.48. The number of amides is 1. The first-order chi connectivity index (χ1) is 12.0. The molecule has 0 saturated carbocycles. The van der Waals surface area contributed by atoms with Crippen molar-refractivity contribution in [1.29, 1.82) is 0 Å². The summed E-state index contributed by atoms with van der Waals surface area (Å²) in [5, 5.41) is 11.1. The first-order valence-corrected chi connectivity index (χ1v) is 8.91. The van der Waals surface area contributed by atoms with Crippen molar-refractivity contribution in [2.24, 2.45) is 0 Å². The molecule has 1 aliphatic heterocycles. The van der Waals surface area contributed by atoms with E-state index in [1.807, 2.05) is 32.0 Å². The van der Waals surface area contributed by atoms with Crippen molar-refractivity contribution in [3.8, 4) is 0 Å². The van der Waals surface area contributed by atoms with E-state index in [4.69, 9.17) is 4.74 Å². The van der Waals surface area contributed by atoms with E-state index in [1.54, 1.807) is 10.9 Å². The van der Waals surface area contributed by atoms with Gasteiger partial charge >= 0.3 is 0 Å². The lowest BCUT2D eigenvalue weighted by molar-refractivity contribution is -0.0615. The highest BCUT2D eigenvalue weighted by molar-refractivity contribution is 5.92. The largest absolute Gasteiger partial charge is 0.375 e. The fourth-order valence-electron chi connectivity index (χ4n) is 3.22. The molecular formula is C19H26N4O2. The summed E-state index contributed by atoms with van der Waals surface area (Å²) in [6.45, 7) is 5.52. The van der Waals surface area contributed by atoms with E-state index in [0.717, 1.165) is 32.2 Å². The van der Waals surface area contributed by atoms with Gasteiger partial charge in [-0.1, -0.05) is 35.5 Å². The lowest BCUT2D eigenvalue weighted by Gasteiger charge is -2.35.